The monoisotopic (exact) mass is 369 g/mol. The third kappa shape index (κ3) is 3.58. The first-order valence-electron chi connectivity index (χ1n) is 9.85. The quantitative estimate of drug-likeness (QED) is 0.844. The van der Waals surface area contributed by atoms with Crippen LogP contribution in [0, 0.1) is 0 Å². The number of nitrogens with zero attached hydrogens (tertiary/aromatic N) is 2. The standard InChI is InChI=1S/C21H27N3O3/c1-27-21(26)19-12-16-15-8-4-5-9-17(15)22-18(16)13-24(19)20(25)14-23-10-6-2-3-7-11-23/h4-5,8-9,19,22H,2-3,6-7,10-14H2,1H3/t19-/m1/s1. The van der Waals surface area contributed by atoms with Gasteiger partial charge in [0.1, 0.15) is 6.04 Å². The van der Waals surface area contributed by atoms with Crippen LogP contribution in [0.3, 0.4) is 0 Å². The van der Waals surface area contributed by atoms with Gasteiger partial charge in [-0.3, -0.25) is 9.69 Å². The minimum atomic E-state index is -0.554. The molecular weight excluding hydrogens is 342 g/mol. The van der Waals surface area contributed by atoms with E-state index < -0.39 is 6.04 Å². The summed E-state index contributed by atoms with van der Waals surface area (Å²) in [7, 11) is 1.39. The molecular formula is C21H27N3O3. The molecule has 1 fully saturated rings. The minimum Gasteiger partial charge on any atom is -0.467 e. The largest absolute Gasteiger partial charge is 0.467 e. The van der Waals surface area contributed by atoms with Gasteiger partial charge in [-0.05, 0) is 37.6 Å². The van der Waals surface area contributed by atoms with Gasteiger partial charge in [0.15, 0.2) is 0 Å². The first-order chi connectivity index (χ1) is 13.2. The van der Waals surface area contributed by atoms with Crippen molar-refractivity contribution in [2.24, 2.45) is 0 Å². The molecule has 6 nitrogen and oxygen atoms in total. The number of hydrogen-bond donors (Lipinski definition) is 1. The molecule has 27 heavy (non-hydrogen) atoms. The number of ether oxygens (including phenoxy) is 1. The topological polar surface area (TPSA) is 65.6 Å². The number of likely N-dealkylation sites (tertiary alicyclic amines) is 1. The van der Waals surface area contributed by atoms with Crippen molar-refractivity contribution in [1.29, 1.82) is 0 Å². The first kappa shape index (κ1) is 18.0. The van der Waals surface area contributed by atoms with Gasteiger partial charge >= 0.3 is 5.97 Å². The number of methoxy groups -OCH3 is 1. The molecule has 0 spiro atoms. The second-order valence-electron chi connectivity index (χ2n) is 7.58. The van der Waals surface area contributed by atoms with Crippen LogP contribution in [-0.4, -0.2) is 59.4 Å². The molecule has 2 aliphatic heterocycles. The van der Waals surface area contributed by atoms with Crippen LogP contribution in [0.4, 0.5) is 0 Å². The van der Waals surface area contributed by atoms with Crippen molar-refractivity contribution in [2.75, 3.05) is 26.7 Å². The molecule has 6 heteroatoms. The Hall–Kier alpha value is -2.34. The van der Waals surface area contributed by atoms with E-state index in [-0.39, 0.29) is 11.9 Å². The van der Waals surface area contributed by atoms with Crippen LogP contribution in [0.15, 0.2) is 24.3 Å². The van der Waals surface area contributed by atoms with E-state index >= 15 is 0 Å². The summed E-state index contributed by atoms with van der Waals surface area (Å²) in [5.41, 5.74) is 3.20. The lowest BCUT2D eigenvalue weighted by molar-refractivity contribution is -0.154. The highest BCUT2D eigenvalue weighted by Crippen LogP contribution is 2.30. The van der Waals surface area contributed by atoms with Gasteiger partial charge in [-0.25, -0.2) is 4.79 Å². The summed E-state index contributed by atoms with van der Waals surface area (Å²) in [4.78, 5) is 32.9. The smallest absolute Gasteiger partial charge is 0.328 e. The molecule has 0 unspecified atom stereocenters. The number of para-hydroxylation sites is 1. The van der Waals surface area contributed by atoms with E-state index in [4.69, 9.17) is 4.74 Å². The van der Waals surface area contributed by atoms with Crippen molar-refractivity contribution in [3.8, 4) is 0 Å². The van der Waals surface area contributed by atoms with Crippen LogP contribution < -0.4 is 0 Å². The fraction of sp³-hybridized carbons (Fsp3) is 0.524. The van der Waals surface area contributed by atoms with Gasteiger partial charge < -0.3 is 14.6 Å². The van der Waals surface area contributed by atoms with E-state index in [1.165, 1.54) is 20.0 Å². The zero-order valence-electron chi connectivity index (χ0n) is 15.9. The van der Waals surface area contributed by atoms with Crippen molar-refractivity contribution in [3.05, 3.63) is 35.5 Å². The molecule has 0 aliphatic carbocycles. The number of rotatable bonds is 3. The minimum absolute atomic E-state index is 0.0107. The summed E-state index contributed by atoms with van der Waals surface area (Å²) >= 11 is 0. The lowest BCUT2D eigenvalue weighted by atomic mass is 9.96. The van der Waals surface area contributed by atoms with Crippen LogP contribution in [0.2, 0.25) is 0 Å². The van der Waals surface area contributed by atoms with Crippen LogP contribution >= 0.6 is 0 Å². The molecule has 1 atom stereocenters. The van der Waals surface area contributed by atoms with Crippen LogP contribution in [-0.2, 0) is 27.3 Å². The van der Waals surface area contributed by atoms with Gasteiger partial charge in [0.25, 0.3) is 0 Å². The van der Waals surface area contributed by atoms with Gasteiger partial charge in [-0.1, -0.05) is 31.0 Å². The number of aromatic amines is 1. The first-order valence-corrected chi connectivity index (χ1v) is 9.85. The average Bonchev–Trinajstić information content (AvgIpc) is 2.85. The molecule has 1 amide bonds. The Kier molecular flexibility index (Phi) is 5.16. The number of H-pyrrole nitrogens is 1. The zero-order chi connectivity index (χ0) is 18.8. The average molecular weight is 369 g/mol. The number of benzene rings is 1. The fourth-order valence-corrected chi connectivity index (χ4v) is 4.39. The number of fused-ring (bicyclic) bond motifs is 3. The number of carbonyl (C=O) groups excluding carboxylic acids is 2. The Bertz CT molecular complexity index is 836. The van der Waals surface area contributed by atoms with Crippen LogP contribution in [0.1, 0.15) is 36.9 Å². The molecule has 144 valence electrons. The summed E-state index contributed by atoms with van der Waals surface area (Å²) in [5, 5.41) is 1.13. The van der Waals surface area contributed by atoms with Gasteiger partial charge in [0, 0.05) is 23.0 Å². The van der Waals surface area contributed by atoms with Gasteiger partial charge in [0.2, 0.25) is 5.91 Å². The molecule has 2 aliphatic rings. The Morgan fingerprint density at radius 2 is 1.89 bits per heavy atom. The maximum absolute atomic E-state index is 13.1. The summed E-state index contributed by atoms with van der Waals surface area (Å²) in [6.45, 7) is 2.72. The fourth-order valence-electron chi connectivity index (χ4n) is 4.39. The molecule has 1 N–H and O–H groups in total. The predicted molar refractivity (Wildman–Crippen MR) is 103 cm³/mol. The van der Waals surface area contributed by atoms with Crippen molar-refractivity contribution in [3.63, 3.8) is 0 Å². The van der Waals surface area contributed by atoms with Crippen molar-refractivity contribution in [2.45, 2.75) is 44.7 Å². The normalized spacial score (nSPS) is 20.9. The van der Waals surface area contributed by atoms with Gasteiger partial charge in [-0.2, -0.15) is 0 Å². The highest BCUT2D eigenvalue weighted by atomic mass is 16.5. The maximum Gasteiger partial charge on any atom is 0.328 e. The van der Waals surface area contributed by atoms with E-state index in [2.05, 4.69) is 16.0 Å². The summed E-state index contributed by atoms with van der Waals surface area (Å²) in [6.07, 6.45) is 5.24. The van der Waals surface area contributed by atoms with E-state index in [1.54, 1.807) is 4.90 Å². The van der Waals surface area contributed by atoms with E-state index in [0.717, 1.165) is 48.1 Å². The molecule has 1 aromatic heterocycles. The van der Waals surface area contributed by atoms with Crippen molar-refractivity contribution >= 4 is 22.8 Å². The Morgan fingerprint density at radius 3 is 2.63 bits per heavy atom. The summed E-state index contributed by atoms with van der Waals surface area (Å²) in [6, 6.07) is 7.53. The lowest BCUT2D eigenvalue weighted by Gasteiger charge is -2.35. The highest BCUT2D eigenvalue weighted by Gasteiger charge is 2.37. The van der Waals surface area contributed by atoms with E-state index in [1.807, 2.05) is 18.2 Å². The highest BCUT2D eigenvalue weighted by molar-refractivity contribution is 5.90. The molecule has 0 saturated carbocycles. The van der Waals surface area contributed by atoms with E-state index in [9.17, 15) is 9.59 Å². The molecule has 0 bridgehead atoms. The number of esters is 1. The van der Waals surface area contributed by atoms with Crippen molar-refractivity contribution < 1.29 is 14.3 Å². The van der Waals surface area contributed by atoms with Crippen LogP contribution in [0.25, 0.3) is 10.9 Å². The van der Waals surface area contributed by atoms with Gasteiger partial charge in [0.05, 0.1) is 20.2 Å². The Morgan fingerprint density at radius 1 is 1.15 bits per heavy atom. The van der Waals surface area contributed by atoms with Crippen LogP contribution in [0.5, 0.6) is 0 Å². The third-order valence-electron chi connectivity index (χ3n) is 5.86. The molecule has 3 heterocycles. The molecule has 0 radical (unpaired) electrons. The van der Waals surface area contributed by atoms with Gasteiger partial charge in [-0.15, -0.1) is 0 Å². The predicted octanol–water partition coefficient (Wildman–Crippen LogP) is 2.47. The van der Waals surface area contributed by atoms with Crippen molar-refractivity contribution in [1.82, 2.24) is 14.8 Å². The molecule has 4 rings (SSSR count). The Labute approximate surface area is 159 Å². The number of hydrogen-bond acceptors (Lipinski definition) is 4. The molecule has 2 aromatic rings. The number of nitrogens with one attached hydrogen (secondary N) is 1. The van der Waals surface area contributed by atoms with E-state index in [0.29, 0.717) is 19.5 Å². The second-order valence-corrected chi connectivity index (χ2v) is 7.58. The third-order valence-corrected chi connectivity index (χ3v) is 5.86. The number of amides is 1. The maximum atomic E-state index is 13.1. The zero-order valence-corrected chi connectivity index (χ0v) is 15.9. The number of carbonyl (C=O) groups is 2. The SMILES string of the molecule is COC(=O)[C@H]1Cc2c([nH]c3ccccc23)CN1C(=O)CN1CCCCCC1. The second kappa shape index (κ2) is 7.72. The molecule has 1 aromatic carbocycles. The lowest BCUT2D eigenvalue weighted by Crippen LogP contribution is -2.52. The Balaban J connectivity index is 1.59. The summed E-state index contributed by atoms with van der Waals surface area (Å²) in [5.74, 6) is -0.327. The number of aromatic nitrogens is 1. The molecule has 1 saturated heterocycles. The summed E-state index contributed by atoms with van der Waals surface area (Å²) < 4.78 is 5.03.